The average Bonchev–Trinajstić information content (AvgIpc) is 2.99. The highest BCUT2D eigenvalue weighted by molar-refractivity contribution is 7.84. The van der Waals surface area contributed by atoms with Crippen LogP contribution in [-0.2, 0) is 10.8 Å². The lowest BCUT2D eigenvalue weighted by molar-refractivity contribution is 0.0919. The minimum absolute atomic E-state index is 0.167. The van der Waals surface area contributed by atoms with Crippen LogP contribution in [0, 0.1) is 0 Å². The Balaban J connectivity index is 1.97. The molecule has 7 heteroatoms. The number of hydrogen-bond donors (Lipinski definition) is 1. The minimum atomic E-state index is -0.917. The molecule has 1 N–H and O–H groups in total. The van der Waals surface area contributed by atoms with E-state index in [1.54, 1.807) is 12.3 Å². The molecule has 0 radical (unpaired) electrons. The highest BCUT2D eigenvalue weighted by Gasteiger charge is 2.13. The maximum absolute atomic E-state index is 11.7. The fourth-order valence-corrected chi connectivity index (χ4v) is 2.39. The van der Waals surface area contributed by atoms with Crippen LogP contribution in [0.25, 0.3) is 10.6 Å². The highest BCUT2D eigenvalue weighted by atomic mass is 32.2. The number of amides is 1. The van der Waals surface area contributed by atoms with Gasteiger partial charge in [-0.05, 0) is 11.4 Å². The van der Waals surface area contributed by atoms with Gasteiger partial charge in [-0.25, -0.2) is 0 Å². The first-order valence-electron chi connectivity index (χ1n) is 5.25. The van der Waals surface area contributed by atoms with Gasteiger partial charge in [0.15, 0.2) is 0 Å². The van der Waals surface area contributed by atoms with Crippen LogP contribution in [0.1, 0.15) is 10.6 Å². The molecule has 1 atom stereocenters. The molecule has 5 nitrogen and oxygen atoms in total. The topological polar surface area (TPSA) is 72.2 Å². The third-order valence-corrected chi connectivity index (χ3v) is 3.85. The molecule has 0 fully saturated rings. The van der Waals surface area contributed by atoms with Crippen molar-refractivity contribution < 1.29 is 13.5 Å². The van der Waals surface area contributed by atoms with Crippen LogP contribution in [0.3, 0.4) is 0 Å². The number of aromatic nitrogens is 1. The van der Waals surface area contributed by atoms with Crippen molar-refractivity contribution in [1.82, 2.24) is 10.5 Å². The van der Waals surface area contributed by atoms with E-state index in [0.29, 0.717) is 18.0 Å². The van der Waals surface area contributed by atoms with Gasteiger partial charge in [0.1, 0.15) is 5.69 Å². The molecule has 0 spiro atoms. The summed E-state index contributed by atoms with van der Waals surface area (Å²) < 4.78 is 15.8. The van der Waals surface area contributed by atoms with E-state index in [0.717, 1.165) is 4.88 Å². The molecule has 2 rings (SSSR count). The summed E-state index contributed by atoms with van der Waals surface area (Å²) in [6.45, 7) is 0.358. The van der Waals surface area contributed by atoms with E-state index in [9.17, 15) is 9.00 Å². The van der Waals surface area contributed by atoms with Gasteiger partial charge >= 0.3 is 0 Å². The molecule has 96 valence electrons. The van der Waals surface area contributed by atoms with Crippen molar-refractivity contribution in [3.05, 3.63) is 29.3 Å². The van der Waals surface area contributed by atoms with Gasteiger partial charge < -0.3 is 9.84 Å². The summed E-state index contributed by atoms with van der Waals surface area (Å²) in [5.41, 5.74) is 0.647. The Morgan fingerprint density at radius 3 is 3.11 bits per heavy atom. The van der Waals surface area contributed by atoms with E-state index >= 15 is 0 Å². The van der Waals surface area contributed by atoms with E-state index in [4.69, 9.17) is 4.52 Å². The Labute approximate surface area is 111 Å². The minimum Gasteiger partial charge on any atom is -0.350 e. The Hall–Kier alpha value is -1.47. The third-order valence-electron chi connectivity index (χ3n) is 2.18. The highest BCUT2D eigenvalue weighted by Crippen LogP contribution is 2.23. The first-order valence-corrected chi connectivity index (χ1v) is 7.86. The van der Waals surface area contributed by atoms with Gasteiger partial charge in [0, 0.05) is 35.4 Å². The predicted molar refractivity (Wildman–Crippen MR) is 71.1 cm³/mol. The molecule has 0 aromatic carbocycles. The average molecular weight is 284 g/mol. The zero-order chi connectivity index (χ0) is 13.0. The van der Waals surface area contributed by atoms with Crippen molar-refractivity contribution in [2.75, 3.05) is 18.6 Å². The van der Waals surface area contributed by atoms with Gasteiger partial charge in [-0.3, -0.25) is 9.00 Å². The summed E-state index contributed by atoms with van der Waals surface area (Å²) in [4.78, 5) is 12.6. The van der Waals surface area contributed by atoms with Crippen LogP contribution in [0.4, 0.5) is 0 Å². The molecule has 1 amide bonds. The molecule has 2 aromatic rings. The van der Waals surface area contributed by atoms with Crippen LogP contribution in [-0.4, -0.2) is 33.8 Å². The van der Waals surface area contributed by atoms with Gasteiger partial charge in [-0.15, -0.1) is 11.3 Å². The first-order chi connectivity index (χ1) is 8.66. The van der Waals surface area contributed by atoms with Crippen molar-refractivity contribution in [2.45, 2.75) is 0 Å². The molecule has 0 saturated heterocycles. The summed E-state index contributed by atoms with van der Waals surface area (Å²) in [5.74, 6) is 0.258. The van der Waals surface area contributed by atoms with Gasteiger partial charge in [0.05, 0.1) is 4.88 Å². The molecule has 0 aliphatic heterocycles. The van der Waals surface area contributed by atoms with Crippen molar-refractivity contribution in [3.8, 4) is 10.6 Å². The van der Waals surface area contributed by atoms with Crippen molar-refractivity contribution in [2.24, 2.45) is 0 Å². The molecule has 0 saturated carbocycles. The molecule has 0 bridgehead atoms. The number of nitrogens with one attached hydrogen (secondary N) is 1. The van der Waals surface area contributed by atoms with Crippen LogP contribution < -0.4 is 5.32 Å². The summed E-state index contributed by atoms with van der Waals surface area (Å²) in [5, 5.41) is 8.39. The van der Waals surface area contributed by atoms with E-state index < -0.39 is 10.8 Å². The first kappa shape index (κ1) is 13.0. The zero-order valence-electron chi connectivity index (χ0n) is 9.71. The monoisotopic (exact) mass is 284 g/mol. The van der Waals surface area contributed by atoms with E-state index in [2.05, 4.69) is 10.5 Å². The molecule has 2 heterocycles. The molecule has 0 aliphatic rings. The van der Waals surface area contributed by atoms with E-state index in [-0.39, 0.29) is 11.7 Å². The summed E-state index contributed by atoms with van der Waals surface area (Å²) >= 11 is 1.53. The fraction of sp³-hybridized carbons (Fsp3) is 0.273. The lowest BCUT2D eigenvalue weighted by Crippen LogP contribution is -2.27. The lowest BCUT2D eigenvalue weighted by atomic mass is 10.3. The molecule has 0 aliphatic carbocycles. The zero-order valence-corrected chi connectivity index (χ0v) is 11.3. The van der Waals surface area contributed by atoms with Crippen molar-refractivity contribution >= 4 is 28.0 Å². The van der Waals surface area contributed by atoms with E-state index in [1.807, 2.05) is 17.5 Å². The van der Waals surface area contributed by atoms with Gasteiger partial charge in [0.25, 0.3) is 5.91 Å². The Morgan fingerprint density at radius 2 is 2.44 bits per heavy atom. The second-order valence-corrected chi connectivity index (χ2v) is 6.09. The maximum atomic E-state index is 11.7. The number of carbonyl (C=O) groups is 1. The third kappa shape index (κ3) is 3.27. The maximum Gasteiger partial charge on any atom is 0.289 e. The number of rotatable bonds is 5. The second-order valence-electron chi connectivity index (χ2n) is 3.59. The molecular formula is C11H12N2O3S2. The molecule has 18 heavy (non-hydrogen) atoms. The van der Waals surface area contributed by atoms with Crippen LogP contribution in [0.15, 0.2) is 28.1 Å². The SMILES string of the molecule is C[S@](=O)CCNC(=O)c1cc(-c2cccs2)no1. The molecule has 0 unspecified atom stereocenters. The van der Waals surface area contributed by atoms with E-state index in [1.165, 1.54) is 11.3 Å². The fourth-order valence-electron chi connectivity index (χ4n) is 1.32. The largest absolute Gasteiger partial charge is 0.350 e. The second kappa shape index (κ2) is 5.92. The molecule has 2 aromatic heterocycles. The lowest BCUT2D eigenvalue weighted by Gasteiger charge is -1.99. The van der Waals surface area contributed by atoms with Crippen molar-refractivity contribution in [1.29, 1.82) is 0 Å². The summed E-state index contributed by atoms with van der Waals surface area (Å²) in [7, 11) is -0.917. The van der Waals surface area contributed by atoms with Gasteiger partial charge in [-0.1, -0.05) is 11.2 Å². The Kier molecular flexibility index (Phi) is 4.27. The predicted octanol–water partition coefficient (Wildman–Crippen LogP) is 1.51. The Morgan fingerprint density at radius 1 is 1.61 bits per heavy atom. The Bertz CT molecular complexity index is 548. The standard InChI is InChI=1S/C11H12N2O3S2/c1-18(15)6-4-12-11(14)9-7-8(13-16-9)10-3-2-5-17-10/h2-3,5,7H,4,6H2,1H3,(H,12,14)/t18-/m0/s1. The van der Waals surface area contributed by atoms with Gasteiger partial charge in [0.2, 0.25) is 5.76 Å². The molecular weight excluding hydrogens is 272 g/mol. The summed E-state index contributed by atoms with van der Waals surface area (Å²) in [6.07, 6.45) is 1.59. The number of thiophene rings is 1. The smallest absolute Gasteiger partial charge is 0.289 e. The number of nitrogens with zero attached hydrogens (tertiary/aromatic N) is 1. The number of carbonyl (C=O) groups excluding carboxylic acids is 1. The quantitative estimate of drug-likeness (QED) is 0.903. The van der Waals surface area contributed by atoms with Crippen LogP contribution >= 0.6 is 11.3 Å². The van der Waals surface area contributed by atoms with Gasteiger partial charge in [-0.2, -0.15) is 0 Å². The summed E-state index contributed by atoms with van der Waals surface area (Å²) in [6, 6.07) is 5.42. The number of hydrogen-bond acceptors (Lipinski definition) is 5. The van der Waals surface area contributed by atoms with Crippen LogP contribution in [0.2, 0.25) is 0 Å². The normalized spacial score (nSPS) is 12.3. The van der Waals surface area contributed by atoms with Crippen molar-refractivity contribution in [3.63, 3.8) is 0 Å². The van der Waals surface area contributed by atoms with Crippen LogP contribution in [0.5, 0.6) is 0 Å².